The molecule has 0 heterocycles. The van der Waals surface area contributed by atoms with Gasteiger partial charge in [-0.25, -0.2) is 0 Å². The highest BCUT2D eigenvalue weighted by Gasteiger charge is 2.62. The van der Waals surface area contributed by atoms with Gasteiger partial charge in [0, 0.05) is 6.42 Å². The molecule has 5 unspecified atom stereocenters. The minimum Gasteiger partial charge on any atom is -0.469 e. The molecule has 4 aliphatic rings. The minimum absolute atomic E-state index is 0.0888. The maximum absolute atomic E-state index is 11.6. The summed E-state index contributed by atoms with van der Waals surface area (Å²) in [7, 11) is 1.48. The minimum atomic E-state index is -0.255. The Balaban J connectivity index is 1.52. The molecule has 0 saturated heterocycles. The molecule has 0 aromatic carbocycles. The summed E-state index contributed by atoms with van der Waals surface area (Å²) in [5, 5.41) is 21.3. The molecule has 0 aromatic rings. The number of rotatable bonds is 4. The molecule has 29 heavy (non-hydrogen) atoms. The average molecular weight is 407 g/mol. The number of aliphatic hydroxyl groups excluding tert-OH is 2. The van der Waals surface area contributed by atoms with Crippen molar-refractivity contribution in [1.82, 2.24) is 0 Å². The molecule has 0 aliphatic heterocycles. The number of hydrogen-bond acceptors (Lipinski definition) is 4. The van der Waals surface area contributed by atoms with E-state index in [1.807, 2.05) is 0 Å². The van der Waals surface area contributed by atoms with Crippen LogP contribution in [0, 0.1) is 46.3 Å². The molecule has 4 heteroatoms. The van der Waals surface area contributed by atoms with Crippen LogP contribution in [0.15, 0.2) is 0 Å². The number of fused-ring (bicyclic) bond motifs is 5. The number of aliphatic hydroxyl groups is 2. The van der Waals surface area contributed by atoms with E-state index in [4.69, 9.17) is 4.74 Å². The Morgan fingerprint density at radius 2 is 1.69 bits per heavy atom. The lowest BCUT2D eigenvalue weighted by Gasteiger charge is -2.62. The maximum Gasteiger partial charge on any atom is 0.305 e. The lowest BCUT2D eigenvalue weighted by molar-refractivity contribution is -0.172. The van der Waals surface area contributed by atoms with Crippen LogP contribution in [0.2, 0.25) is 0 Å². The second-order valence-electron chi connectivity index (χ2n) is 11.5. The Morgan fingerprint density at radius 3 is 2.41 bits per heavy atom. The van der Waals surface area contributed by atoms with E-state index >= 15 is 0 Å². The highest BCUT2D eigenvalue weighted by Crippen LogP contribution is 2.68. The van der Waals surface area contributed by atoms with E-state index in [-0.39, 0.29) is 29.5 Å². The van der Waals surface area contributed by atoms with Gasteiger partial charge in [-0.3, -0.25) is 4.79 Å². The van der Waals surface area contributed by atoms with Crippen LogP contribution in [0.25, 0.3) is 0 Å². The lowest BCUT2D eigenvalue weighted by atomic mass is 9.44. The summed E-state index contributed by atoms with van der Waals surface area (Å²) in [5.74, 6) is 3.42. The standard InChI is InChI=1S/C25H42O4/c1-15(5-8-23(28)29-4)18-6-7-19-17-14-22(27)21-13-16(26)9-11-25(21,3)20(17)10-12-24(18,19)2/h15-22,26-27H,5-14H2,1-4H3/t15-,16-,17?,18-,19?,20+,21?,22+,24?,25?/m1/s1. The van der Waals surface area contributed by atoms with Crippen molar-refractivity contribution in [3.63, 3.8) is 0 Å². The van der Waals surface area contributed by atoms with E-state index < -0.39 is 0 Å². The molecule has 4 fully saturated rings. The predicted molar refractivity (Wildman–Crippen MR) is 113 cm³/mol. The Hall–Kier alpha value is -0.610. The normalized spacial score (nSPS) is 50.2. The Morgan fingerprint density at radius 1 is 1.00 bits per heavy atom. The molecule has 0 radical (unpaired) electrons. The summed E-state index contributed by atoms with van der Waals surface area (Å²) in [6.07, 6.45) is 9.77. The molecule has 4 rings (SSSR count). The average Bonchev–Trinajstić information content (AvgIpc) is 3.05. The Kier molecular flexibility index (Phi) is 5.83. The van der Waals surface area contributed by atoms with Gasteiger partial charge >= 0.3 is 5.97 Å². The molecule has 4 aliphatic carbocycles. The predicted octanol–water partition coefficient (Wildman–Crippen LogP) is 4.57. The van der Waals surface area contributed by atoms with Crippen molar-refractivity contribution in [3.8, 4) is 0 Å². The van der Waals surface area contributed by atoms with Gasteiger partial charge in [-0.1, -0.05) is 20.8 Å². The zero-order valence-electron chi connectivity index (χ0n) is 18.9. The smallest absolute Gasteiger partial charge is 0.305 e. The molecule has 10 atom stereocenters. The third-order valence-corrected chi connectivity index (χ3v) is 10.4. The first kappa shape index (κ1) is 21.6. The van der Waals surface area contributed by atoms with E-state index in [2.05, 4.69) is 20.8 Å². The van der Waals surface area contributed by atoms with E-state index in [0.717, 1.165) is 32.1 Å². The summed E-state index contributed by atoms with van der Waals surface area (Å²) in [6, 6.07) is 0. The van der Waals surface area contributed by atoms with Gasteiger partial charge in [0.25, 0.3) is 0 Å². The summed E-state index contributed by atoms with van der Waals surface area (Å²) in [5.41, 5.74) is 0.533. The summed E-state index contributed by atoms with van der Waals surface area (Å²) < 4.78 is 4.86. The highest BCUT2D eigenvalue weighted by atomic mass is 16.5. The highest BCUT2D eigenvalue weighted by molar-refractivity contribution is 5.69. The first-order valence-electron chi connectivity index (χ1n) is 12.1. The quantitative estimate of drug-likeness (QED) is 0.671. The fourth-order valence-electron chi connectivity index (χ4n) is 8.90. The van der Waals surface area contributed by atoms with Crippen LogP contribution in [-0.2, 0) is 9.53 Å². The second kappa shape index (κ2) is 7.82. The second-order valence-corrected chi connectivity index (χ2v) is 11.5. The van der Waals surface area contributed by atoms with Gasteiger partial charge in [0.2, 0.25) is 0 Å². The lowest BCUT2D eigenvalue weighted by Crippen LogP contribution is -2.58. The van der Waals surface area contributed by atoms with Crippen molar-refractivity contribution in [3.05, 3.63) is 0 Å². The summed E-state index contributed by atoms with van der Waals surface area (Å²) in [6.45, 7) is 7.28. The molecule has 0 spiro atoms. The van der Waals surface area contributed by atoms with Crippen LogP contribution in [0.1, 0.15) is 85.0 Å². The molecule has 0 aromatic heterocycles. The Labute approximate surface area is 176 Å². The third-order valence-electron chi connectivity index (χ3n) is 10.4. The number of hydrogen-bond donors (Lipinski definition) is 2. The molecular weight excluding hydrogens is 364 g/mol. The Bertz CT molecular complexity index is 620. The van der Waals surface area contributed by atoms with Gasteiger partial charge in [-0.05, 0) is 104 Å². The van der Waals surface area contributed by atoms with Crippen LogP contribution < -0.4 is 0 Å². The van der Waals surface area contributed by atoms with Crippen molar-refractivity contribution in [2.45, 2.75) is 97.2 Å². The first-order chi connectivity index (χ1) is 13.7. The molecule has 4 nitrogen and oxygen atoms in total. The summed E-state index contributed by atoms with van der Waals surface area (Å²) in [4.78, 5) is 11.6. The topological polar surface area (TPSA) is 66.8 Å². The summed E-state index contributed by atoms with van der Waals surface area (Å²) >= 11 is 0. The van der Waals surface area contributed by atoms with Gasteiger partial charge in [-0.2, -0.15) is 0 Å². The zero-order valence-corrected chi connectivity index (χ0v) is 18.9. The molecule has 4 saturated carbocycles. The number of carbonyl (C=O) groups is 1. The number of methoxy groups -OCH3 is 1. The van der Waals surface area contributed by atoms with Crippen molar-refractivity contribution in [2.24, 2.45) is 46.3 Å². The van der Waals surface area contributed by atoms with Crippen LogP contribution >= 0.6 is 0 Å². The van der Waals surface area contributed by atoms with Crippen molar-refractivity contribution >= 4 is 5.97 Å². The van der Waals surface area contributed by atoms with Crippen molar-refractivity contribution in [2.75, 3.05) is 7.11 Å². The first-order valence-corrected chi connectivity index (χ1v) is 12.1. The fraction of sp³-hybridized carbons (Fsp3) is 0.960. The molecule has 0 bridgehead atoms. The largest absolute Gasteiger partial charge is 0.469 e. The van der Waals surface area contributed by atoms with Crippen LogP contribution in [-0.4, -0.2) is 35.5 Å². The number of ether oxygens (including phenoxy) is 1. The van der Waals surface area contributed by atoms with Crippen molar-refractivity contribution in [1.29, 1.82) is 0 Å². The van der Waals surface area contributed by atoms with Gasteiger partial charge < -0.3 is 14.9 Å². The number of carbonyl (C=O) groups excluding carboxylic acids is 1. The van der Waals surface area contributed by atoms with Gasteiger partial charge in [0.1, 0.15) is 0 Å². The van der Waals surface area contributed by atoms with Gasteiger partial charge in [0.05, 0.1) is 19.3 Å². The molecule has 2 N–H and O–H groups in total. The van der Waals surface area contributed by atoms with E-state index in [9.17, 15) is 15.0 Å². The molecule has 0 amide bonds. The third kappa shape index (κ3) is 3.46. The van der Waals surface area contributed by atoms with E-state index in [1.54, 1.807) is 0 Å². The molecular formula is C25H42O4. The van der Waals surface area contributed by atoms with Crippen LogP contribution in [0.4, 0.5) is 0 Å². The van der Waals surface area contributed by atoms with Crippen LogP contribution in [0.5, 0.6) is 0 Å². The van der Waals surface area contributed by atoms with E-state index in [1.165, 1.54) is 32.8 Å². The monoisotopic (exact) mass is 406 g/mol. The van der Waals surface area contributed by atoms with Gasteiger partial charge in [-0.15, -0.1) is 0 Å². The van der Waals surface area contributed by atoms with E-state index in [0.29, 0.717) is 41.4 Å². The van der Waals surface area contributed by atoms with Crippen LogP contribution in [0.3, 0.4) is 0 Å². The zero-order chi connectivity index (χ0) is 21.0. The van der Waals surface area contributed by atoms with Crippen molar-refractivity contribution < 1.29 is 19.7 Å². The molecule has 166 valence electrons. The maximum atomic E-state index is 11.6. The number of esters is 1. The SMILES string of the molecule is COC(=O)CC[C@@H](C)[C@H]1CCC2C3C[C@H](O)C4C[C@H](O)CCC4(C)[C@H]3CCC21C. The van der Waals surface area contributed by atoms with Gasteiger partial charge in [0.15, 0.2) is 0 Å². The fourth-order valence-corrected chi connectivity index (χ4v) is 8.90.